The summed E-state index contributed by atoms with van der Waals surface area (Å²) in [6.07, 6.45) is 1.54. The van der Waals surface area contributed by atoms with Gasteiger partial charge in [0.1, 0.15) is 0 Å². The molecule has 1 aromatic carbocycles. The summed E-state index contributed by atoms with van der Waals surface area (Å²) in [5.41, 5.74) is 0.0766. The van der Waals surface area contributed by atoms with E-state index in [1.807, 2.05) is 0 Å². The Bertz CT molecular complexity index is 616. The number of halogens is 1. The molecule has 8 heteroatoms. The molecule has 0 aliphatic heterocycles. The fourth-order valence-corrected chi connectivity index (χ4v) is 2.04. The summed E-state index contributed by atoms with van der Waals surface area (Å²) >= 11 is 7.02. The lowest BCUT2D eigenvalue weighted by molar-refractivity contribution is 0.0698. The molecule has 2 amide bonds. The number of hydrogen-bond acceptors (Lipinski definition) is 4. The number of hydrogen-bond donors (Lipinski definition) is 3. The van der Waals surface area contributed by atoms with Gasteiger partial charge in [0, 0.05) is 16.6 Å². The third kappa shape index (κ3) is 3.43. The van der Waals surface area contributed by atoms with E-state index in [1.54, 1.807) is 11.6 Å². The molecule has 19 heavy (non-hydrogen) atoms. The Hall–Kier alpha value is -2.12. The minimum atomic E-state index is -1.15. The Morgan fingerprint density at radius 3 is 2.74 bits per heavy atom. The van der Waals surface area contributed by atoms with Crippen molar-refractivity contribution in [3.8, 4) is 0 Å². The van der Waals surface area contributed by atoms with Crippen LogP contribution in [0.5, 0.6) is 0 Å². The third-order valence-corrected chi connectivity index (χ3v) is 3.04. The van der Waals surface area contributed by atoms with Crippen LogP contribution in [0.4, 0.5) is 15.6 Å². The Balaban J connectivity index is 2.16. The Morgan fingerprint density at radius 2 is 2.11 bits per heavy atom. The van der Waals surface area contributed by atoms with Crippen LogP contribution in [0.2, 0.25) is 5.02 Å². The van der Waals surface area contributed by atoms with Crippen molar-refractivity contribution in [1.82, 2.24) is 4.98 Å². The molecule has 0 fully saturated rings. The highest BCUT2D eigenvalue weighted by molar-refractivity contribution is 7.13. The van der Waals surface area contributed by atoms with Gasteiger partial charge in [0.25, 0.3) is 0 Å². The van der Waals surface area contributed by atoms with Crippen molar-refractivity contribution < 1.29 is 14.7 Å². The molecule has 0 saturated heterocycles. The zero-order chi connectivity index (χ0) is 13.8. The minimum Gasteiger partial charge on any atom is -0.478 e. The number of carbonyl (C=O) groups excluding carboxylic acids is 1. The van der Waals surface area contributed by atoms with Crippen LogP contribution < -0.4 is 10.6 Å². The fraction of sp³-hybridized carbons (Fsp3) is 0. The number of rotatable bonds is 3. The van der Waals surface area contributed by atoms with Gasteiger partial charge in [0.2, 0.25) is 0 Å². The smallest absolute Gasteiger partial charge is 0.337 e. The van der Waals surface area contributed by atoms with Crippen LogP contribution >= 0.6 is 22.9 Å². The molecule has 2 aromatic rings. The zero-order valence-electron chi connectivity index (χ0n) is 9.38. The highest BCUT2D eigenvalue weighted by atomic mass is 35.5. The molecular weight excluding hydrogens is 290 g/mol. The van der Waals surface area contributed by atoms with Crippen LogP contribution in [0.1, 0.15) is 10.4 Å². The summed E-state index contributed by atoms with van der Waals surface area (Å²) < 4.78 is 0. The SMILES string of the molecule is O=C(Nc1nccs1)Nc1cc(Cl)ccc1C(=O)O. The highest BCUT2D eigenvalue weighted by Crippen LogP contribution is 2.21. The van der Waals surface area contributed by atoms with Crippen molar-refractivity contribution in [2.45, 2.75) is 0 Å². The number of carbonyl (C=O) groups is 2. The summed E-state index contributed by atoms with van der Waals surface area (Å²) in [6, 6.07) is 3.55. The number of anilines is 2. The molecule has 0 saturated carbocycles. The molecule has 3 N–H and O–H groups in total. The summed E-state index contributed by atoms with van der Waals surface area (Å²) in [7, 11) is 0. The highest BCUT2D eigenvalue weighted by Gasteiger charge is 2.13. The molecule has 0 aliphatic rings. The van der Waals surface area contributed by atoms with Gasteiger partial charge >= 0.3 is 12.0 Å². The van der Waals surface area contributed by atoms with Crippen LogP contribution in [-0.4, -0.2) is 22.1 Å². The van der Waals surface area contributed by atoms with Crippen molar-refractivity contribution in [2.75, 3.05) is 10.6 Å². The Labute approximate surface area is 117 Å². The summed E-state index contributed by atoms with van der Waals surface area (Å²) in [6.45, 7) is 0. The summed E-state index contributed by atoms with van der Waals surface area (Å²) in [5, 5.41) is 16.3. The van der Waals surface area contributed by atoms with E-state index in [2.05, 4.69) is 15.6 Å². The maximum Gasteiger partial charge on any atom is 0.337 e. The lowest BCUT2D eigenvalue weighted by Gasteiger charge is -2.08. The molecule has 0 aliphatic carbocycles. The van der Waals surface area contributed by atoms with E-state index in [0.717, 1.165) is 0 Å². The molecule has 2 rings (SSSR count). The van der Waals surface area contributed by atoms with Crippen molar-refractivity contribution in [2.24, 2.45) is 0 Å². The van der Waals surface area contributed by atoms with E-state index in [1.165, 1.54) is 29.5 Å². The van der Waals surface area contributed by atoms with Crippen LogP contribution in [0, 0.1) is 0 Å². The Morgan fingerprint density at radius 1 is 1.32 bits per heavy atom. The average Bonchev–Trinajstić information content (AvgIpc) is 2.81. The maximum atomic E-state index is 11.7. The number of nitrogens with zero attached hydrogens (tertiary/aromatic N) is 1. The first-order valence-corrected chi connectivity index (χ1v) is 6.32. The fourth-order valence-electron chi connectivity index (χ4n) is 1.34. The molecule has 6 nitrogen and oxygen atoms in total. The number of aromatic nitrogens is 1. The van der Waals surface area contributed by atoms with Gasteiger partial charge in [-0.25, -0.2) is 14.6 Å². The van der Waals surface area contributed by atoms with E-state index < -0.39 is 12.0 Å². The molecule has 0 spiro atoms. The molecule has 98 valence electrons. The Kier molecular flexibility index (Phi) is 3.98. The van der Waals surface area contributed by atoms with Gasteiger partial charge in [-0.05, 0) is 18.2 Å². The number of aromatic carboxylic acids is 1. The van der Waals surface area contributed by atoms with E-state index in [9.17, 15) is 9.59 Å². The average molecular weight is 298 g/mol. The number of urea groups is 1. The summed E-state index contributed by atoms with van der Waals surface area (Å²) in [4.78, 5) is 26.6. The number of amides is 2. The molecule has 0 unspecified atom stereocenters. The van der Waals surface area contributed by atoms with Crippen LogP contribution in [-0.2, 0) is 0 Å². The van der Waals surface area contributed by atoms with Gasteiger partial charge < -0.3 is 10.4 Å². The predicted molar refractivity (Wildman–Crippen MR) is 73.2 cm³/mol. The van der Waals surface area contributed by atoms with Crippen LogP contribution in [0.15, 0.2) is 29.8 Å². The van der Waals surface area contributed by atoms with Gasteiger partial charge in [0.15, 0.2) is 5.13 Å². The van der Waals surface area contributed by atoms with Gasteiger partial charge in [-0.1, -0.05) is 11.6 Å². The van der Waals surface area contributed by atoms with Crippen LogP contribution in [0.3, 0.4) is 0 Å². The van der Waals surface area contributed by atoms with Gasteiger partial charge in [-0.3, -0.25) is 5.32 Å². The second-order valence-corrected chi connectivity index (χ2v) is 4.74. The monoisotopic (exact) mass is 297 g/mol. The first kappa shape index (κ1) is 13.3. The van der Waals surface area contributed by atoms with E-state index in [4.69, 9.17) is 16.7 Å². The number of benzene rings is 1. The van der Waals surface area contributed by atoms with Crippen molar-refractivity contribution in [1.29, 1.82) is 0 Å². The van der Waals surface area contributed by atoms with Crippen molar-refractivity contribution in [3.05, 3.63) is 40.4 Å². The largest absolute Gasteiger partial charge is 0.478 e. The standard InChI is InChI=1S/C11H8ClN3O3S/c12-6-1-2-7(9(16)17)8(5-6)14-10(18)15-11-13-3-4-19-11/h1-5H,(H,16,17)(H2,13,14,15,18). The number of nitrogens with one attached hydrogen (secondary N) is 2. The topological polar surface area (TPSA) is 91.3 Å². The van der Waals surface area contributed by atoms with Gasteiger partial charge in [-0.15, -0.1) is 11.3 Å². The third-order valence-electron chi connectivity index (χ3n) is 2.11. The normalized spacial score (nSPS) is 9.95. The van der Waals surface area contributed by atoms with E-state index >= 15 is 0 Å². The second kappa shape index (κ2) is 5.68. The number of thiazole rings is 1. The second-order valence-electron chi connectivity index (χ2n) is 3.41. The predicted octanol–water partition coefficient (Wildman–Crippen LogP) is 3.14. The molecule has 0 radical (unpaired) electrons. The van der Waals surface area contributed by atoms with Gasteiger partial charge in [-0.2, -0.15) is 0 Å². The molecule has 1 heterocycles. The zero-order valence-corrected chi connectivity index (χ0v) is 11.0. The first-order valence-electron chi connectivity index (χ1n) is 5.06. The number of carboxylic acids is 1. The van der Waals surface area contributed by atoms with Gasteiger partial charge in [0.05, 0.1) is 11.3 Å². The molecule has 0 bridgehead atoms. The minimum absolute atomic E-state index is 0.0429. The van der Waals surface area contributed by atoms with Crippen molar-refractivity contribution >= 4 is 45.8 Å². The maximum absolute atomic E-state index is 11.7. The first-order chi connectivity index (χ1) is 9.06. The molecular formula is C11H8ClN3O3S. The lowest BCUT2D eigenvalue weighted by Crippen LogP contribution is -2.20. The molecule has 1 aromatic heterocycles. The quantitative estimate of drug-likeness (QED) is 0.811. The molecule has 0 atom stereocenters. The van der Waals surface area contributed by atoms with Crippen LogP contribution in [0.25, 0.3) is 0 Å². The van der Waals surface area contributed by atoms with E-state index in [0.29, 0.717) is 10.2 Å². The number of carboxylic acid groups (broad SMARTS) is 1. The lowest BCUT2D eigenvalue weighted by atomic mass is 10.2. The van der Waals surface area contributed by atoms with Crippen molar-refractivity contribution in [3.63, 3.8) is 0 Å². The van der Waals surface area contributed by atoms with E-state index in [-0.39, 0.29) is 11.3 Å². The summed E-state index contributed by atoms with van der Waals surface area (Å²) in [5.74, 6) is -1.15.